The maximum absolute atomic E-state index is 12.4. The number of imidazole rings is 1. The molecule has 0 aliphatic rings. The highest BCUT2D eigenvalue weighted by Crippen LogP contribution is 2.12. The lowest BCUT2D eigenvalue weighted by atomic mass is 10.1. The number of nitrogens with zero attached hydrogens (tertiary/aromatic N) is 3. The van der Waals surface area contributed by atoms with Gasteiger partial charge < -0.3 is 4.57 Å². The molecule has 2 aromatic heterocycles. The fraction of sp³-hybridized carbons (Fsp3) is 0.292. The summed E-state index contributed by atoms with van der Waals surface area (Å²) in [6.45, 7) is 2.72. The van der Waals surface area contributed by atoms with Crippen LogP contribution in [0.25, 0.3) is 11.2 Å². The van der Waals surface area contributed by atoms with Crippen molar-refractivity contribution in [2.45, 2.75) is 32.9 Å². The third kappa shape index (κ3) is 5.31. The van der Waals surface area contributed by atoms with Crippen LogP contribution in [0, 0.1) is 0 Å². The molecule has 2 heterocycles. The Morgan fingerprint density at radius 1 is 0.879 bits per heavy atom. The number of hydrogen-bond acceptors (Lipinski definition) is 5. The molecule has 0 fully saturated rings. The van der Waals surface area contributed by atoms with Crippen molar-refractivity contribution in [1.29, 1.82) is 0 Å². The predicted octanol–water partition coefficient (Wildman–Crippen LogP) is 2.15. The Labute approximate surface area is 191 Å². The fourth-order valence-electron chi connectivity index (χ4n) is 3.80. The highest BCUT2D eigenvalue weighted by Gasteiger charge is 2.14. The van der Waals surface area contributed by atoms with Gasteiger partial charge in [0.1, 0.15) is 0 Å². The molecule has 0 aliphatic heterocycles. The van der Waals surface area contributed by atoms with E-state index < -0.39 is 21.1 Å². The molecule has 2 aromatic carbocycles. The number of aromatic amines is 1. The quantitative estimate of drug-likeness (QED) is 0.407. The van der Waals surface area contributed by atoms with Gasteiger partial charge in [-0.15, -0.1) is 0 Å². The highest BCUT2D eigenvalue weighted by molar-refractivity contribution is 7.91. The van der Waals surface area contributed by atoms with Crippen LogP contribution in [0.1, 0.15) is 23.6 Å². The van der Waals surface area contributed by atoms with E-state index >= 15 is 0 Å². The van der Waals surface area contributed by atoms with Gasteiger partial charge in [0.15, 0.2) is 21.0 Å². The lowest BCUT2D eigenvalue weighted by molar-refractivity contribution is 0.594. The summed E-state index contributed by atoms with van der Waals surface area (Å²) in [5.41, 5.74) is 2.54. The minimum atomic E-state index is -3.16. The average molecular weight is 467 g/mol. The van der Waals surface area contributed by atoms with Gasteiger partial charge in [-0.25, -0.2) is 18.2 Å². The number of aryl methyl sites for hydroxylation is 3. The summed E-state index contributed by atoms with van der Waals surface area (Å²) in [4.78, 5) is 31.2. The van der Waals surface area contributed by atoms with Crippen molar-refractivity contribution in [2.24, 2.45) is 0 Å². The second-order valence-electron chi connectivity index (χ2n) is 8.00. The molecule has 172 valence electrons. The Kier molecular flexibility index (Phi) is 6.60. The number of sulfone groups is 1. The van der Waals surface area contributed by atoms with Crippen molar-refractivity contribution < 1.29 is 8.42 Å². The number of fused-ring (bicyclic) bond motifs is 1. The third-order valence-corrected chi connectivity index (χ3v) is 7.36. The van der Waals surface area contributed by atoms with E-state index in [2.05, 4.69) is 9.97 Å². The first kappa shape index (κ1) is 22.7. The van der Waals surface area contributed by atoms with E-state index in [0.717, 1.165) is 16.7 Å². The van der Waals surface area contributed by atoms with Crippen LogP contribution in [0.2, 0.25) is 0 Å². The van der Waals surface area contributed by atoms with Gasteiger partial charge in [0.05, 0.1) is 24.4 Å². The molecule has 4 aromatic rings. The van der Waals surface area contributed by atoms with E-state index in [-0.39, 0.29) is 18.1 Å². The molecule has 1 N–H and O–H groups in total. The smallest absolute Gasteiger partial charge is 0.325 e. The van der Waals surface area contributed by atoms with Crippen LogP contribution in [0.15, 0.2) is 70.5 Å². The van der Waals surface area contributed by atoms with E-state index in [1.807, 2.05) is 61.5 Å². The van der Waals surface area contributed by atoms with Crippen molar-refractivity contribution >= 4 is 21.0 Å². The Bertz CT molecular complexity index is 1470. The molecule has 0 aliphatic carbocycles. The first-order chi connectivity index (χ1) is 15.9. The van der Waals surface area contributed by atoms with Gasteiger partial charge in [-0.2, -0.15) is 0 Å². The molecule has 0 saturated heterocycles. The summed E-state index contributed by atoms with van der Waals surface area (Å²) in [5, 5.41) is 0. The molecule has 33 heavy (non-hydrogen) atoms. The standard InChI is InChI=1S/C24H26N4O4S/c1-2-27-17-25-22-21(27)23(29)26-24(30)28(22)16-20-10-8-19(9-11-20)13-15-33(31,32)14-12-18-6-4-3-5-7-18/h3-11,17H,2,12-16H2,1H3,(H,26,29,30). The maximum atomic E-state index is 12.4. The molecular formula is C24H26N4O4S. The number of H-pyrrole nitrogens is 1. The number of rotatable bonds is 9. The van der Waals surface area contributed by atoms with Crippen molar-refractivity contribution in [1.82, 2.24) is 19.1 Å². The Balaban J connectivity index is 1.42. The molecular weight excluding hydrogens is 440 g/mol. The lowest BCUT2D eigenvalue weighted by Gasteiger charge is -2.09. The summed E-state index contributed by atoms with van der Waals surface area (Å²) in [6.07, 6.45) is 2.50. The van der Waals surface area contributed by atoms with Crippen molar-refractivity contribution in [3.05, 3.63) is 98.5 Å². The number of aromatic nitrogens is 4. The zero-order chi connectivity index (χ0) is 23.4. The fourth-order valence-corrected chi connectivity index (χ4v) is 5.09. The van der Waals surface area contributed by atoms with Crippen LogP contribution in [0.3, 0.4) is 0 Å². The summed E-state index contributed by atoms with van der Waals surface area (Å²) < 4.78 is 28.0. The average Bonchev–Trinajstić information content (AvgIpc) is 3.25. The minimum Gasteiger partial charge on any atom is -0.325 e. The second kappa shape index (κ2) is 9.58. The van der Waals surface area contributed by atoms with Crippen molar-refractivity contribution in [2.75, 3.05) is 11.5 Å². The summed E-state index contributed by atoms with van der Waals surface area (Å²) >= 11 is 0. The van der Waals surface area contributed by atoms with Crippen LogP contribution < -0.4 is 11.2 Å². The molecule has 0 amide bonds. The predicted molar refractivity (Wildman–Crippen MR) is 128 cm³/mol. The van der Waals surface area contributed by atoms with Crippen molar-refractivity contribution in [3.63, 3.8) is 0 Å². The number of benzene rings is 2. The van der Waals surface area contributed by atoms with E-state index in [1.165, 1.54) is 4.57 Å². The SMILES string of the molecule is CCn1cnc2c1c(=O)[nH]c(=O)n2Cc1ccc(CCS(=O)(=O)CCc2ccccc2)cc1. The zero-order valence-electron chi connectivity index (χ0n) is 18.4. The first-order valence-corrected chi connectivity index (χ1v) is 12.7. The van der Waals surface area contributed by atoms with Gasteiger partial charge >= 0.3 is 5.69 Å². The molecule has 0 radical (unpaired) electrons. The van der Waals surface area contributed by atoms with E-state index in [1.54, 1.807) is 10.9 Å². The van der Waals surface area contributed by atoms with Gasteiger partial charge in [0, 0.05) is 6.54 Å². The number of nitrogens with one attached hydrogen (secondary N) is 1. The normalized spacial score (nSPS) is 11.8. The van der Waals surface area contributed by atoms with Gasteiger partial charge in [0.25, 0.3) is 5.56 Å². The summed E-state index contributed by atoms with van der Waals surface area (Å²) in [7, 11) is -3.16. The number of hydrogen-bond donors (Lipinski definition) is 1. The van der Waals surface area contributed by atoms with Gasteiger partial charge in [0.2, 0.25) is 0 Å². The van der Waals surface area contributed by atoms with Crippen LogP contribution >= 0.6 is 0 Å². The summed E-state index contributed by atoms with van der Waals surface area (Å²) in [6, 6.07) is 17.1. The molecule has 0 unspecified atom stereocenters. The van der Waals surface area contributed by atoms with Crippen LogP contribution in [0.5, 0.6) is 0 Å². The monoisotopic (exact) mass is 466 g/mol. The maximum Gasteiger partial charge on any atom is 0.330 e. The highest BCUT2D eigenvalue weighted by atomic mass is 32.2. The molecule has 4 rings (SSSR count). The molecule has 9 heteroatoms. The lowest BCUT2D eigenvalue weighted by Crippen LogP contribution is -2.31. The van der Waals surface area contributed by atoms with Crippen LogP contribution in [-0.4, -0.2) is 39.0 Å². The molecule has 0 saturated carbocycles. The zero-order valence-corrected chi connectivity index (χ0v) is 19.2. The second-order valence-corrected chi connectivity index (χ2v) is 10.3. The summed E-state index contributed by atoms with van der Waals surface area (Å²) in [5.74, 6) is 0.221. The van der Waals surface area contributed by atoms with Gasteiger partial charge in [-0.1, -0.05) is 54.6 Å². The van der Waals surface area contributed by atoms with E-state index in [4.69, 9.17) is 0 Å². The van der Waals surface area contributed by atoms with Crippen molar-refractivity contribution in [3.8, 4) is 0 Å². The molecule has 0 atom stereocenters. The van der Waals surface area contributed by atoms with Gasteiger partial charge in [-0.05, 0) is 36.5 Å². The van der Waals surface area contributed by atoms with Gasteiger partial charge in [-0.3, -0.25) is 14.3 Å². The van der Waals surface area contributed by atoms with Crippen LogP contribution in [0.4, 0.5) is 0 Å². The third-order valence-electron chi connectivity index (χ3n) is 5.71. The largest absolute Gasteiger partial charge is 0.330 e. The Morgan fingerprint density at radius 3 is 2.12 bits per heavy atom. The minimum absolute atomic E-state index is 0.0909. The first-order valence-electron chi connectivity index (χ1n) is 10.9. The Morgan fingerprint density at radius 2 is 1.48 bits per heavy atom. The Hall–Kier alpha value is -3.46. The topological polar surface area (TPSA) is 107 Å². The van der Waals surface area contributed by atoms with E-state index in [0.29, 0.717) is 30.6 Å². The molecule has 8 nitrogen and oxygen atoms in total. The molecule has 0 bridgehead atoms. The van der Waals surface area contributed by atoms with E-state index in [9.17, 15) is 18.0 Å². The molecule has 0 spiro atoms. The van der Waals surface area contributed by atoms with Crippen LogP contribution in [-0.2, 0) is 35.8 Å².